The van der Waals surface area contributed by atoms with Gasteiger partial charge < -0.3 is 4.90 Å². The minimum absolute atomic E-state index is 0.0515. The summed E-state index contributed by atoms with van der Waals surface area (Å²) in [5.74, 6) is -4.41. The van der Waals surface area contributed by atoms with Crippen molar-refractivity contribution in [2.75, 3.05) is 32.1 Å². The Kier molecular flexibility index (Phi) is 5.43. The van der Waals surface area contributed by atoms with Crippen LogP contribution in [0.4, 0.5) is 22.7 Å². The average Bonchev–Trinajstić information content (AvgIpc) is 3.01. The first-order valence-corrected chi connectivity index (χ1v) is 8.75. The topological polar surface area (TPSA) is 36.4 Å². The van der Waals surface area contributed by atoms with E-state index >= 15 is 0 Å². The van der Waals surface area contributed by atoms with Crippen molar-refractivity contribution in [2.24, 2.45) is 0 Å². The first kappa shape index (κ1) is 19.2. The molecule has 0 saturated heterocycles. The molecular formula is C18H15F4N3OS. The third-order valence-electron chi connectivity index (χ3n) is 3.82. The van der Waals surface area contributed by atoms with Crippen LogP contribution >= 0.6 is 11.3 Å². The van der Waals surface area contributed by atoms with E-state index in [1.807, 2.05) is 4.90 Å². The number of benzene rings is 2. The summed E-state index contributed by atoms with van der Waals surface area (Å²) < 4.78 is 54.3. The number of hydrogen-bond donors (Lipinski definition) is 0. The van der Waals surface area contributed by atoms with Gasteiger partial charge in [-0.2, -0.15) is 0 Å². The zero-order valence-corrected chi connectivity index (χ0v) is 15.3. The van der Waals surface area contributed by atoms with Gasteiger partial charge in [0.1, 0.15) is 11.3 Å². The van der Waals surface area contributed by atoms with Gasteiger partial charge in [0, 0.05) is 24.7 Å². The summed E-state index contributed by atoms with van der Waals surface area (Å²) in [6.45, 7) is 0.622. The minimum atomic E-state index is -1.15. The number of aromatic nitrogens is 1. The maximum absolute atomic E-state index is 14.0. The molecule has 0 unspecified atom stereocenters. The van der Waals surface area contributed by atoms with E-state index in [2.05, 4.69) is 4.98 Å². The molecule has 1 heterocycles. The van der Waals surface area contributed by atoms with Crippen LogP contribution in [-0.2, 0) is 0 Å². The van der Waals surface area contributed by atoms with Crippen LogP contribution in [-0.4, -0.2) is 43.0 Å². The fraction of sp³-hybridized carbons (Fsp3) is 0.222. The van der Waals surface area contributed by atoms with Gasteiger partial charge in [-0.15, -0.1) is 0 Å². The van der Waals surface area contributed by atoms with E-state index in [1.54, 1.807) is 14.1 Å². The van der Waals surface area contributed by atoms with Crippen LogP contribution in [0, 0.1) is 23.3 Å². The molecule has 3 rings (SSSR count). The molecule has 9 heteroatoms. The lowest BCUT2D eigenvalue weighted by molar-refractivity contribution is 0.0984. The molecule has 0 N–H and O–H groups in total. The number of anilines is 1. The standard InChI is InChI=1S/C18H15F4N3OS/c1-24(2)5-6-25(17(26)10-3-4-12(20)13(21)7-10)18-23-16-14(22)8-11(19)9-15(16)27-18/h3-4,7-9H,5-6H2,1-2H3. The normalized spacial score (nSPS) is 11.4. The summed E-state index contributed by atoms with van der Waals surface area (Å²) in [5.41, 5.74) is -0.122. The number of carbonyl (C=O) groups is 1. The number of nitrogens with zero attached hydrogens (tertiary/aromatic N) is 3. The van der Waals surface area contributed by atoms with Gasteiger partial charge in [0.25, 0.3) is 5.91 Å². The third kappa shape index (κ3) is 4.09. The lowest BCUT2D eigenvalue weighted by Gasteiger charge is -2.22. The van der Waals surface area contributed by atoms with Crippen molar-refractivity contribution in [1.82, 2.24) is 9.88 Å². The first-order chi connectivity index (χ1) is 12.8. The molecule has 0 aliphatic heterocycles. The molecule has 0 fully saturated rings. The smallest absolute Gasteiger partial charge is 0.260 e. The molecular weight excluding hydrogens is 382 g/mol. The van der Waals surface area contributed by atoms with Gasteiger partial charge >= 0.3 is 0 Å². The number of rotatable bonds is 5. The van der Waals surface area contributed by atoms with Crippen LogP contribution < -0.4 is 4.90 Å². The van der Waals surface area contributed by atoms with Crippen LogP contribution in [0.15, 0.2) is 30.3 Å². The van der Waals surface area contributed by atoms with E-state index in [1.165, 1.54) is 4.90 Å². The zero-order valence-electron chi connectivity index (χ0n) is 14.5. The number of carbonyl (C=O) groups excluding carboxylic acids is 1. The van der Waals surface area contributed by atoms with Crippen molar-refractivity contribution in [3.05, 3.63) is 59.2 Å². The number of fused-ring (bicyclic) bond motifs is 1. The first-order valence-electron chi connectivity index (χ1n) is 7.93. The molecule has 2 aromatic carbocycles. The number of likely N-dealkylation sites (N-methyl/N-ethyl adjacent to an activating group) is 1. The summed E-state index contributed by atoms with van der Waals surface area (Å²) >= 11 is 0.943. The Morgan fingerprint density at radius 2 is 1.74 bits per heavy atom. The highest BCUT2D eigenvalue weighted by molar-refractivity contribution is 7.22. The van der Waals surface area contributed by atoms with Gasteiger partial charge in [0.2, 0.25) is 0 Å². The van der Waals surface area contributed by atoms with Crippen LogP contribution in [0.1, 0.15) is 10.4 Å². The van der Waals surface area contributed by atoms with Crippen molar-refractivity contribution >= 4 is 32.6 Å². The van der Waals surface area contributed by atoms with E-state index in [0.717, 1.165) is 35.6 Å². The second kappa shape index (κ2) is 7.61. The summed E-state index contributed by atoms with van der Waals surface area (Å²) in [7, 11) is 3.60. The summed E-state index contributed by atoms with van der Waals surface area (Å²) in [4.78, 5) is 20.0. The summed E-state index contributed by atoms with van der Waals surface area (Å²) in [5, 5.41) is 0.145. The van der Waals surface area contributed by atoms with Crippen molar-refractivity contribution in [3.8, 4) is 0 Å². The molecule has 4 nitrogen and oxygen atoms in total. The molecule has 3 aromatic rings. The highest BCUT2D eigenvalue weighted by atomic mass is 32.1. The number of thiazole rings is 1. The van der Waals surface area contributed by atoms with Gasteiger partial charge in [-0.3, -0.25) is 9.69 Å². The molecule has 27 heavy (non-hydrogen) atoms. The maximum atomic E-state index is 14.0. The van der Waals surface area contributed by atoms with E-state index < -0.39 is 29.2 Å². The quantitative estimate of drug-likeness (QED) is 0.610. The molecule has 142 valence electrons. The lowest BCUT2D eigenvalue weighted by atomic mass is 10.2. The zero-order chi connectivity index (χ0) is 19.7. The van der Waals surface area contributed by atoms with Crippen LogP contribution in [0.2, 0.25) is 0 Å². The highest BCUT2D eigenvalue weighted by Crippen LogP contribution is 2.32. The van der Waals surface area contributed by atoms with Crippen molar-refractivity contribution in [2.45, 2.75) is 0 Å². The van der Waals surface area contributed by atoms with Gasteiger partial charge in [0.15, 0.2) is 22.6 Å². The van der Waals surface area contributed by atoms with Gasteiger partial charge in [0.05, 0.1) is 4.70 Å². The molecule has 1 amide bonds. The molecule has 0 atom stereocenters. The van der Waals surface area contributed by atoms with Crippen molar-refractivity contribution in [1.29, 1.82) is 0 Å². The van der Waals surface area contributed by atoms with Gasteiger partial charge in [-0.1, -0.05) is 11.3 Å². The SMILES string of the molecule is CN(C)CCN(C(=O)c1ccc(F)c(F)c1)c1nc2c(F)cc(F)cc2s1. The van der Waals surface area contributed by atoms with Crippen LogP contribution in [0.5, 0.6) is 0 Å². The second-order valence-corrected chi connectivity index (χ2v) is 7.13. The molecule has 0 saturated carbocycles. The molecule has 0 spiro atoms. The average molecular weight is 397 g/mol. The Morgan fingerprint density at radius 3 is 2.41 bits per heavy atom. The van der Waals surface area contributed by atoms with Crippen molar-refractivity contribution < 1.29 is 22.4 Å². The molecule has 0 aliphatic carbocycles. The maximum Gasteiger partial charge on any atom is 0.260 e. The fourth-order valence-electron chi connectivity index (χ4n) is 2.43. The number of halogens is 4. The van der Waals surface area contributed by atoms with E-state index in [0.29, 0.717) is 12.6 Å². The minimum Gasteiger partial charge on any atom is -0.308 e. The van der Waals surface area contributed by atoms with Gasteiger partial charge in [-0.05, 0) is 38.4 Å². The predicted octanol–water partition coefficient (Wildman–Crippen LogP) is 4.06. The predicted molar refractivity (Wildman–Crippen MR) is 96.1 cm³/mol. The largest absolute Gasteiger partial charge is 0.308 e. The molecule has 0 bridgehead atoms. The Bertz CT molecular complexity index is 1010. The second-order valence-electron chi connectivity index (χ2n) is 6.12. The Morgan fingerprint density at radius 1 is 1.00 bits per heavy atom. The summed E-state index contributed by atoms with van der Waals surface area (Å²) in [6, 6.07) is 4.67. The lowest BCUT2D eigenvalue weighted by Crippen LogP contribution is -2.36. The van der Waals surface area contributed by atoms with Crippen molar-refractivity contribution in [3.63, 3.8) is 0 Å². The number of amides is 1. The number of hydrogen-bond acceptors (Lipinski definition) is 4. The van der Waals surface area contributed by atoms with E-state index in [9.17, 15) is 22.4 Å². The summed E-state index contributed by atoms with van der Waals surface area (Å²) in [6.07, 6.45) is 0. The van der Waals surface area contributed by atoms with Gasteiger partial charge in [-0.25, -0.2) is 22.5 Å². The molecule has 0 radical (unpaired) electrons. The van der Waals surface area contributed by atoms with Crippen LogP contribution in [0.3, 0.4) is 0 Å². The van der Waals surface area contributed by atoms with Crippen LogP contribution in [0.25, 0.3) is 10.2 Å². The molecule has 0 aliphatic rings. The monoisotopic (exact) mass is 397 g/mol. The Balaban J connectivity index is 2.03. The molecule has 1 aromatic heterocycles. The van der Waals surface area contributed by atoms with E-state index in [4.69, 9.17) is 0 Å². The Labute approximate surface area is 156 Å². The highest BCUT2D eigenvalue weighted by Gasteiger charge is 2.23. The Hall–Kier alpha value is -2.52. The third-order valence-corrected chi connectivity index (χ3v) is 4.84. The van der Waals surface area contributed by atoms with E-state index in [-0.39, 0.29) is 27.5 Å². The fourth-order valence-corrected chi connectivity index (χ4v) is 3.46.